The standard InChI is InChI=1S/C25H31N5O4S/c1-29(24(32)17-7-4-3-5-8-17)19-10-9-18-13-22(28-23(31)20-15-35-16-27-20)30(21(18)14-19)25(33)26-11-6-12-34-2/h9-10,13-17H,3-8,11-12H2,1-2H3,(H,26,33)(H,28,31). The van der Waals surface area contributed by atoms with Gasteiger partial charge in [-0.05, 0) is 37.5 Å². The van der Waals surface area contributed by atoms with Gasteiger partial charge in [0, 0.05) is 49.7 Å². The smallest absolute Gasteiger partial charge is 0.327 e. The summed E-state index contributed by atoms with van der Waals surface area (Å²) in [6.07, 6.45) is 5.83. The molecule has 10 heteroatoms. The fourth-order valence-electron chi connectivity index (χ4n) is 4.46. The van der Waals surface area contributed by atoms with Crippen LogP contribution >= 0.6 is 11.3 Å². The van der Waals surface area contributed by atoms with Crippen molar-refractivity contribution in [1.29, 1.82) is 0 Å². The molecule has 0 unspecified atom stereocenters. The minimum Gasteiger partial charge on any atom is -0.385 e. The molecule has 2 heterocycles. The Bertz CT molecular complexity index is 1180. The average Bonchev–Trinajstić information content (AvgIpc) is 3.54. The number of methoxy groups -OCH3 is 1. The zero-order valence-electron chi connectivity index (χ0n) is 20.1. The molecular formula is C25H31N5O4S. The van der Waals surface area contributed by atoms with Crippen molar-refractivity contribution in [2.45, 2.75) is 38.5 Å². The predicted octanol–water partition coefficient (Wildman–Crippen LogP) is 4.49. The monoisotopic (exact) mass is 497 g/mol. The number of amides is 3. The van der Waals surface area contributed by atoms with E-state index in [2.05, 4.69) is 15.6 Å². The summed E-state index contributed by atoms with van der Waals surface area (Å²) in [7, 11) is 3.39. The SMILES string of the molecule is COCCCNC(=O)n1c(NC(=O)c2cscn2)cc2ccc(N(C)C(=O)C3CCCCC3)cc21. The summed E-state index contributed by atoms with van der Waals surface area (Å²) >= 11 is 1.32. The van der Waals surface area contributed by atoms with Gasteiger partial charge >= 0.3 is 6.03 Å². The molecule has 1 aliphatic carbocycles. The van der Waals surface area contributed by atoms with Crippen molar-refractivity contribution in [3.8, 4) is 0 Å². The van der Waals surface area contributed by atoms with Crippen molar-refractivity contribution in [2.24, 2.45) is 5.92 Å². The second kappa shape index (κ2) is 11.5. The highest BCUT2D eigenvalue weighted by atomic mass is 32.1. The van der Waals surface area contributed by atoms with Crippen LogP contribution < -0.4 is 15.5 Å². The fraction of sp³-hybridized carbons (Fsp3) is 0.440. The number of thiazole rings is 1. The number of hydrogen-bond donors (Lipinski definition) is 2. The van der Waals surface area contributed by atoms with E-state index >= 15 is 0 Å². The van der Waals surface area contributed by atoms with Crippen LogP contribution in [0, 0.1) is 5.92 Å². The number of nitrogens with one attached hydrogen (secondary N) is 2. The quantitative estimate of drug-likeness (QED) is 0.446. The maximum absolute atomic E-state index is 13.2. The molecule has 2 aromatic heterocycles. The number of carbonyl (C=O) groups is 3. The molecule has 1 fully saturated rings. The van der Waals surface area contributed by atoms with Gasteiger partial charge in [-0.2, -0.15) is 0 Å². The van der Waals surface area contributed by atoms with Gasteiger partial charge in [-0.1, -0.05) is 25.3 Å². The third-order valence-electron chi connectivity index (χ3n) is 6.37. The second-order valence-corrected chi connectivity index (χ2v) is 9.47. The van der Waals surface area contributed by atoms with E-state index in [1.165, 1.54) is 22.3 Å². The molecule has 186 valence electrons. The molecule has 0 aliphatic heterocycles. The lowest BCUT2D eigenvalue weighted by atomic mass is 9.88. The van der Waals surface area contributed by atoms with E-state index in [9.17, 15) is 14.4 Å². The molecular weight excluding hydrogens is 466 g/mol. The van der Waals surface area contributed by atoms with Gasteiger partial charge in [0.2, 0.25) is 5.91 Å². The van der Waals surface area contributed by atoms with Gasteiger partial charge in [-0.15, -0.1) is 11.3 Å². The summed E-state index contributed by atoms with van der Waals surface area (Å²) in [5.41, 5.74) is 3.17. The Hall–Kier alpha value is -3.24. The Morgan fingerprint density at radius 1 is 1.20 bits per heavy atom. The number of nitrogens with zero attached hydrogens (tertiary/aromatic N) is 3. The van der Waals surface area contributed by atoms with Gasteiger partial charge in [-0.25, -0.2) is 14.3 Å². The molecule has 3 aromatic rings. The summed E-state index contributed by atoms with van der Waals surface area (Å²) in [5, 5.41) is 8.11. The van der Waals surface area contributed by atoms with Crippen LogP contribution in [0.2, 0.25) is 0 Å². The summed E-state index contributed by atoms with van der Waals surface area (Å²) in [5.74, 6) is 0.0736. The lowest BCUT2D eigenvalue weighted by Gasteiger charge is -2.26. The maximum atomic E-state index is 13.2. The molecule has 2 N–H and O–H groups in total. The summed E-state index contributed by atoms with van der Waals surface area (Å²) in [4.78, 5) is 44.7. The van der Waals surface area contributed by atoms with Gasteiger partial charge < -0.3 is 20.3 Å². The minimum absolute atomic E-state index is 0.0354. The van der Waals surface area contributed by atoms with Gasteiger partial charge in [0.1, 0.15) is 11.5 Å². The lowest BCUT2D eigenvalue weighted by molar-refractivity contribution is -0.123. The molecule has 1 aliphatic rings. The molecule has 0 radical (unpaired) electrons. The molecule has 0 bridgehead atoms. The summed E-state index contributed by atoms with van der Waals surface area (Å²) < 4.78 is 6.50. The Labute approximate surface area is 208 Å². The van der Waals surface area contributed by atoms with E-state index in [-0.39, 0.29) is 23.6 Å². The van der Waals surface area contributed by atoms with Crippen LogP contribution in [0.5, 0.6) is 0 Å². The number of hydrogen-bond acceptors (Lipinski definition) is 6. The van der Waals surface area contributed by atoms with Gasteiger partial charge in [0.05, 0.1) is 11.0 Å². The van der Waals surface area contributed by atoms with Gasteiger partial charge in [0.15, 0.2) is 0 Å². The third-order valence-corrected chi connectivity index (χ3v) is 6.96. The molecule has 9 nitrogen and oxygen atoms in total. The van der Waals surface area contributed by atoms with E-state index in [1.807, 2.05) is 18.2 Å². The van der Waals surface area contributed by atoms with Crippen molar-refractivity contribution in [3.05, 3.63) is 40.8 Å². The lowest BCUT2D eigenvalue weighted by Crippen LogP contribution is -2.34. The summed E-state index contributed by atoms with van der Waals surface area (Å²) in [6.45, 7) is 0.948. The zero-order valence-corrected chi connectivity index (χ0v) is 20.9. The molecule has 0 atom stereocenters. The fourth-order valence-corrected chi connectivity index (χ4v) is 4.99. The maximum Gasteiger partial charge on any atom is 0.327 e. The van der Waals surface area contributed by atoms with Crippen LogP contribution in [0.25, 0.3) is 10.9 Å². The van der Waals surface area contributed by atoms with E-state index in [0.717, 1.165) is 31.1 Å². The van der Waals surface area contributed by atoms with Crippen LogP contribution in [-0.4, -0.2) is 54.7 Å². The highest BCUT2D eigenvalue weighted by Crippen LogP contribution is 2.31. The predicted molar refractivity (Wildman–Crippen MR) is 137 cm³/mol. The van der Waals surface area contributed by atoms with Crippen molar-refractivity contribution in [1.82, 2.24) is 14.9 Å². The molecule has 35 heavy (non-hydrogen) atoms. The summed E-state index contributed by atoms with van der Waals surface area (Å²) in [6, 6.07) is 6.94. The normalized spacial score (nSPS) is 14.1. The minimum atomic E-state index is -0.396. The molecule has 1 aromatic carbocycles. The Kier molecular flexibility index (Phi) is 8.14. The first-order valence-electron chi connectivity index (χ1n) is 11.9. The van der Waals surface area contributed by atoms with Crippen LogP contribution in [0.3, 0.4) is 0 Å². The zero-order chi connectivity index (χ0) is 24.8. The van der Waals surface area contributed by atoms with E-state index < -0.39 is 5.91 Å². The Balaban J connectivity index is 1.65. The molecule has 1 saturated carbocycles. The van der Waals surface area contributed by atoms with Crippen LogP contribution in [-0.2, 0) is 9.53 Å². The highest BCUT2D eigenvalue weighted by Gasteiger charge is 2.26. The highest BCUT2D eigenvalue weighted by molar-refractivity contribution is 7.07. The molecule has 0 spiro atoms. The molecule has 0 saturated heterocycles. The van der Waals surface area contributed by atoms with Gasteiger partial charge in [0.25, 0.3) is 5.91 Å². The number of aromatic nitrogens is 2. The van der Waals surface area contributed by atoms with Gasteiger partial charge in [-0.3, -0.25) is 9.59 Å². The van der Waals surface area contributed by atoms with E-state index in [4.69, 9.17) is 4.74 Å². The number of fused-ring (bicyclic) bond motifs is 1. The third kappa shape index (κ3) is 5.71. The van der Waals surface area contributed by atoms with Crippen LogP contribution in [0.15, 0.2) is 35.2 Å². The average molecular weight is 498 g/mol. The number of rotatable bonds is 8. The van der Waals surface area contributed by atoms with Crippen molar-refractivity contribution in [3.63, 3.8) is 0 Å². The molecule has 4 rings (SSSR count). The van der Waals surface area contributed by atoms with Crippen molar-refractivity contribution in [2.75, 3.05) is 37.5 Å². The Morgan fingerprint density at radius 3 is 2.71 bits per heavy atom. The Morgan fingerprint density at radius 2 is 2.00 bits per heavy atom. The van der Waals surface area contributed by atoms with Crippen molar-refractivity contribution >= 4 is 51.6 Å². The molecule has 3 amide bonds. The number of ether oxygens (including phenoxy) is 1. The topological polar surface area (TPSA) is 106 Å². The first kappa shape index (κ1) is 24.9. The van der Waals surface area contributed by atoms with E-state index in [0.29, 0.717) is 36.6 Å². The number of benzene rings is 1. The van der Waals surface area contributed by atoms with Crippen LogP contribution in [0.4, 0.5) is 16.3 Å². The second-order valence-electron chi connectivity index (χ2n) is 8.75. The number of carbonyl (C=O) groups excluding carboxylic acids is 3. The first-order chi connectivity index (χ1) is 17.0. The van der Waals surface area contributed by atoms with Crippen LogP contribution in [0.1, 0.15) is 49.0 Å². The van der Waals surface area contributed by atoms with E-state index in [1.54, 1.807) is 36.0 Å². The largest absolute Gasteiger partial charge is 0.385 e. The first-order valence-corrected chi connectivity index (χ1v) is 12.8. The number of anilines is 2. The van der Waals surface area contributed by atoms with Crippen molar-refractivity contribution < 1.29 is 19.1 Å².